The van der Waals surface area contributed by atoms with Crippen LogP contribution in [0.1, 0.15) is 12.8 Å². The monoisotopic (exact) mass is 293 g/mol. The number of hydrogen-bond donors (Lipinski definition) is 2. The molecule has 9 heteroatoms. The van der Waals surface area contributed by atoms with Crippen LogP contribution < -0.4 is 10.5 Å². The molecule has 1 aliphatic rings. The molecule has 0 aliphatic heterocycles. The Balaban J connectivity index is 0.00000256. The molecule has 0 spiro atoms. The van der Waals surface area contributed by atoms with Crippen LogP contribution in [0.3, 0.4) is 0 Å². The minimum atomic E-state index is -3.81. The Morgan fingerprint density at radius 2 is 2.00 bits per heavy atom. The van der Waals surface area contributed by atoms with Gasteiger partial charge in [0.2, 0.25) is 0 Å². The lowest BCUT2D eigenvalue weighted by molar-refractivity contribution is 0.0167. The summed E-state index contributed by atoms with van der Waals surface area (Å²) in [5, 5.41) is 0. The summed E-state index contributed by atoms with van der Waals surface area (Å²) in [7, 11) is -2.43. The maximum absolute atomic E-state index is 12.8. The summed E-state index contributed by atoms with van der Waals surface area (Å²) < 4.78 is 51.4. The van der Waals surface area contributed by atoms with Crippen LogP contribution in [0.5, 0.6) is 0 Å². The van der Waals surface area contributed by atoms with Crippen LogP contribution in [0, 0.1) is 5.92 Å². The van der Waals surface area contributed by atoms with E-state index in [1.54, 1.807) is 0 Å². The standard InChI is InChI=1S/C8H17F2N3O2S.ClH/c1-13(4-7-2-3-7)16(14,15)12-6-8(9,10)5-11;/h7,12H,2-6,11H2,1H3;1H. The van der Waals surface area contributed by atoms with Crippen molar-refractivity contribution < 1.29 is 17.2 Å². The quantitative estimate of drug-likeness (QED) is 0.703. The van der Waals surface area contributed by atoms with Gasteiger partial charge in [-0.2, -0.15) is 17.4 Å². The molecule has 1 rings (SSSR count). The van der Waals surface area contributed by atoms with Gasteiger partial charge in [0.05, 0.1) is 13.1 Å². The molecular weight excluding hydrogens is 276 g/mol. The highest BCUT2D eigenvalue weighted by molar-refractivity contribution is 7.87. The van der Waals surface area contributed by atoms with Crippen LogP contribution in [-0.2, 0) is 10.2 Å². The number of hydrogen-bond acceptors (Lipinski definition) is 3. The van der Waals surface area contributed by atoms with E-state index in [1.807, 2.05) is 4.72 Å². The molecule has 0 aromatic rings. The first kappa shape index (κ1) is 17.0. The molecule has 0 unspecified atom stereocenters. The highest BCUT2D eigenvalue weighted by Crippen LogP contribution is 2.29. The number of nitrogens with zero attached hydrogens (tertiary/aromatic N) is 1. The van der Waals surface area contributed by atoms with Crippen molar-refractivity contribution in [2.75, 3.05) is 26.7 Å². The first-order chi connectivity index (χ1) is 7.27. The number of nitrogens with one attached hydrogen (secondary N) is 1. The van der Waals surface area contributed by atoms with Gasteiger partial charge in [0.25, 0.3) is 16.1 Å². The molecule has 0 bridgehead atoms. The second-order valence-corrected chi connectivity index (χ2v) is 5.97. The van der Waals surface area contributed by atoms with Crippen LogP contribution in [0.4, 0.5) is 8.78 Å². The maximum Gasteiger partial charge on any atom is 0.279 e. The van der Waals surface area contributed by atoms with Crippen LogP contribution in [0.15, 0.2) is 0 Å². The van der Waals surface area contributed by atoms with Crippen molar-refractivity contribution in [1.29, 1.82) is 0 Å². The van der Waals surface area contributed by atoms with Crippen molar-refractivity contribution in [1.82, 2.24) is 9.03 Å². The van der Waals surface area contributed by atoms with E-state index in [-0.39, 0.29) is 12.4 Å². The van der Waals surface area contributed by atoms with E-state index in [0.717, 1.165) is 17.1 Å². The van der Waals surface area contributed by atoms with Crippen molar-refractivity contribution in [2.24, 2.45) is 11.7 Å². The SMILES string of the molecule is CN(CC1CC1)S(=O)(=O)NCC(F)(F)CN.Cl. The summed E-state index contributed by atoms with van der Waals surface area (Å²) in [5.74, 6) is -2.83. The molecule has 0 heterocycles. The van der Waals surface area contributed by atoms with Gasteiger partial charge >= 0.3 is 0 Å². The van der Waals surface area contributed by atoms with E-state index < -0.39 is 29.2 Å². The minimum Gasteiger partial charge on any atom is -0.325 e. The maximum atomic E-state index is 12.8. The highest BCUT2D eigenvalue weighted by atomic mass is 35.5. The molecule has 1 aliphatic carbocycles. The van der Waals surface area contributed by atoms with Gasteiger partial charge in [-0.25, -0.2) is 8.78 Å². The molecule has 0 aromatic heterocycles. The van der Waals surface area contributed by atoms with Crippen molar-refractivity contribution in [3.8, 4) is 0 Å². The average molecular weight is 294 g/mol. The normalized spacial score (nSPS) is 17.0. The van der Waals surface area contributed by atoms with Gasteiger partial charge in [0.15, 0.2) is 0 Å². The Labute approximate surface area is 106 Å². The third kappa shape index (κ3) is 5.91. The first-order valence-corrected chi connectivity index (χ1v) is 6.50. The van der Waals surface area contributed by atoms with Crippen molar-refractivity contribution in [3.05, 3.63) is 0 Å². The molecule has 0 saturated heterocycles. The summed E-state index contributed by atoms with van der Waals surface area (Å²) in [5.41, 5.74) is 4.80. The molecule has 1 fully saturated rings. The highest BCUT2D eigenvalue weighted by Gasteiger charge is 2.32. The van der Waals surface area contributed by atoms with Gasteiger partial charge in [-0.15, -0.1) is 12.4 Å². The lowest BCUT2D eigenvalue weighted by Gasteiger charge is -2.20. The van der Waals surface area contributed by atoms with Crippen LogP contribution >= 0.6 is 12.4 Å². The molecular formula is C8H18ClF2N3O2S. The molecule has 0 atom stereocenters. The largest absolute Gasteiger partial charge is 0.325 e. The van der Waals surface area contributed by atoms with Gasteiger partial charge in [0, 0.05) is 13.6 Å². The van der Waals surface area contributed by atoms with E-state index in [9.17, 15) is 17.2 Å². The summed E-state index contributed by atoms with van der Waals surface area (Å²) in [6, 6.07) is 0. The number of nitrogens with two attached hydrogens (primary N) is 1. The zero-order chi connectivity index (χ0) is 12.4. The van der Waals surface area contributed by atoms with E-state index >= 15 is 0 Å². The Morgan fingerprint density at radius 1 is 1.47 bits per heavy atom. The second kappa shape index (κ2) is 6.24. The number of alkyl halides is 2. The Morgan fingerprint density at radius 3 is 2.41 bits per heavy atom. The van der Waals surface area contributed by atoms with Crippen LogP contribution in [0.25, 0.3) is 0 Å². The zero-order valence-electron chi connectivity index (χ0n) is 9.53. The van der Waals surface area contributed by atoms with E-state index in [0.29, 0.717) is 12.5 Å². The average Bonchev–Trinajstić information content (AvgIpc) is 2.99. The van der Waals surface area contributed by atoms with Crippen molar-refractivity contribution in [2.45, 2.75) is 18.8 Å². The lowest BCUT2D eigenvalue weighted by atomic mass is 10.3. The molecule has 0 amide bonds. The van der Waals surface area contributed by atoms with Crippen molar-refractivity contribution >= 4 is 22.6 Å². The number of rotatable bonds is 7. The Bertz CT molecular complexity index is 336. The summed E-state index contributed by atoms with van der Waals surface area (Å²) in [6.45, 7) is -1.45. The van der Waals surface area contributed by atoms with Gasteiger partial charge < -0.3 is 5.73 Å². The first-order valence-electron chi connectivity index (χ1n) is 5.06. The van der Waals surface area contributed by atoms with Crippen LogP contribution in [-0.4, -0.2) is 45.3 Å². The third-order valence-corrected chi connectivity index (χ3v) is 3.91. The molecule has 0 aromatic carbocycles. The molecule has 5 nitrogen and oxygen atoms in total. The van der Waals surface area contributed by atoms with Gasteiger partial charge in [-0.1, -0.05) is 0 Å². The fraction of sp³-hybridized carbons (Fsp3) is 1.00. The van der Waals surface area contributed by atoms with E-state index in [4.69, 9.17) is 5.73 Å². The zero-order valence-corrected chi connectivity index (χ0v) is 11.2. The minimum absolute atomic E-state index is 0. The second-order valence-electron chi connectivity index (χ2n) is 4.11. The third-order valence-electron chi connectivity index (χ3n) is 2.43. The van der Waals surface area contributed by atoms with E-state index in [2.05, 4.69) is 0 Å². The van der Waals surface area contributed by atoms with Gasteiger partial charge in [-0.05, 0) is 18.8 Å². The molecule has 1 saturated carbocycles. The summed E-state index contributed by atoms with van der Waals surface area (Å²) >= 11 is 0. The molecule has 17 heavy (non-hydrogen) atoms. The van der Waals surface area contributed by atoms with Crippen molar-refractivity contribution in [3.63, 3.8) is 0 Å². The van der Waals surface area contributed by atoms with Gasteiger partial charge in [-0.3, -0.25) is 0 Å². The topological polar surface area (TPSA) is 75.4 Å². The Hall–Kier alpha value is -0.0200. The smallest absolute Gasteiger partial charge is 0.279 e. The summed E-state index contributed by atoms with van der Waals surface area (Å²) in [6.07, 6.45) is 2.00. The van der Waals surface area contributed by atoms with E-state index in [1.165, 1.54) is 7.05 Å². The number of halogens is 3. The predicted molar refractivity (Wildman–Crippen MR) is 63.5 cm³/mol. The fourth-order valence-corrected chi connectivity index (χ4v) is 2.16. The fourth-order valence-electron chi connectivity index (χ4n) is 1.14. The molecule has 3 N–H and O–H groups in total. The molecule has 104 valence electrons. The lowest BCUT2D eigenvalue weighted by Crippen LogP contribution is -2.46. The predicted octanol–water partition coefficient (Wildman–Crippen LogP) is 0.178. The van der Waals surface area contributed by atoms with Gasteiger partial charge in [0.1, 0.15) is 0 Å². The van der Waals surface area contributed by atoms with Crippen LogP contribution in [0.2, 0.25) is 0 Å². The molecule has 0 radical (unpaired) electrons. The Kier molecular flexibility index (Phi) is 6.23. The summed E-state index contributed by atoms with van der Waals surface area (Å²) in [4.78, 5) is 0.